The maximum Gasteiger partial charge on any atom is 0.212 e. The van der Waals surface area contributed by atoms with Gasteiger partial charge in [-0.3, -0.25) is 0 Å². The summed E-state index contributed by atoms with van der Waals surface area (Å²) in [5.41, 5.74) is 1.21. The fraction of sp³-hybridized carbons (Fsp3) is 0.667. The third kappa shape index (κ3) is 4.48. The minimum atomic E-state index is 0.677. The minimum Gasteiger partial charge on any atom is -0.481 e. The van der Waals surface area contributed by atoms with E-state index in [4.69, 9.17) is 4.74 Å². The normalized spacial score (nSPS) is 17.6. The van der Waals surface area contributed by atoms with Crippen LogP contribution in [0, 0.1) is 5.92 Å². The molecule has 0 aliphatic carbocycles. The van der Waals surface area contributed by atoms with E-state index in [0.717, 1.165) is 19.0 Å². The molecule has 1 aliphatic heterocycles. The first-order valence-electron chi connectivity index (χ1n) is 7.23. The largest absolute Gasteiger partial charge is 0.481 e. The molecule has 0 spiro atoms. The van der Waals surface area contributed by atoms with Crippen LogP contribution in [0.5, 0.6) is 5.88 Å². The highest BCUT2D eigenvalue weighted by molar-refractivity contribution is 5.17. The molecule has 0 radical (unpaired) electrons. The number of pyridine rings is 1. The highest BCUT2D eigenvalue weighted by atomic mass is 16.5. The molecular weight excluding hydrogens is 238 g/mol. The zero-order chi connectivity index (χ0) is 13.5. The van der Waals surface area contributed by atoms with E-state index in [0.29, 0.717) is 5.88 Å². The van der Waals surface area contributed by atoms with Crippen LogP contribution in [0.25, 0.3) is 0 Å². The molecule has 2 rings (SSSR count). The molecule has 0 unspecified atom stereocenters. The molecule has 2 heterocycles. The number of nitrogens with zero attached hydrogens (tertiary/aromatic N) is 2. The van der Waals surface area contributed by atoms with E-state index >= 15 is 0 Å². The number of nitrogens with one attached hydrogen (secondary N) is 1. The number of hydrogen-bond acceptors (Lipinski definition) is 4. The second-order valence-electron chi connectivity index (χ2n) is 5.22. The van der Waals surface area contributed by atoms with Crippen molar-refractivity contribution < 1.29 is 4.74 Å². The van der Waals surface area contributed by atoms with E-state index in [9.17, 15) is 0 Å². The molecule has 4 heteroatoms. The molecular formula is C15H25N3O. The first kappa shape index (κ1) is 14.3. The van der Waals surface area contributed by atoms with Gasteiger partial charge in [0.1, 0.15) is 0 Å². The molecule has 0 aromatic carbocycles. The summed E-state index contributed by atoms with van der Waals surface area (Å²) in [6, 6.07) is 3.98. The molecule has 19 heavy (non-hydrogen) atoms. The maximum atomic E-state index is 5.05. The Morgan fingerprint density at radius 3 is 2.74 bits per heavy atom. The van der Waals surface area contributed by atoms with Gasteiger partial charge in [-0.2, -0.15) is 0 Å². The Morgan fingerprint density at radius 2 is 2.16 bits per heavy atom. The minimum absolute atomic E-state index is 0.677. The van der Waals surface area contributed by atoms with Crippen molar-refractivity contribution in [2.45, 2.75) is 26.3 Å². The predicted molar refractivity (Wildman–Crippen MR) is 77.3 cm³/mol. The number of likely N-dealkylation sites (tertiary alicyclic amines) is 1. The number of rotatable bonds is 6. The van der Waals surface area contributed by atoms with Crippen molar-refractivity contribution in [2.75, 3.05) is 33.3 Å². The molecule has 4 nitrogen and oxygen atoms in total. The molecule has 1 fully saturated rings. The molecule has 1 aromatic heterocycles. The topological polar surface area (TPSA) is 37.4 Å². The Morgan fingerprint density at radius 1 is 1.37 bits per heavy atom. The van der Waals surface area contributed by atoms with Gasteiger partial charge in [-0.1, -0.05) is 13.0 Å². The van der Waals surface area contributed by atoms with E-state index in [-0.39, 0.29) is 0 Å². The Labute approximate surface area is 116 Å². The van der Waals surface area contributed by atoms with Crippen LogP contribution >= 0.6 is 0 Å². The Kier molecular flexibility index (Phi) is 5.61. The average molecular weight is 263 g/mol. The van der Waals surface area contributed by atoms with Gasteiger partial charge in [0.15, 0.2) is 0 Å². The summed E-state index contributed by atoms with van der Waals surface area (Å²) < 4.78 is 5.05. The molecule has 0 bridgehead atoms. The summed E-state index contributed by atoms with van der Waals surface area (Å²) in [7, 11) is 1.64. The van der Waals surface area contributed by atoms with Crippen LogP contribution in [-0.2, 0) is 6.54 Å². The third-order valence-corrected chi connectivity index (χ3v) is 3.92. The van der Waals surface area contributed by atoms with Crippen LogP contribution in [0.2, 0.25) is 0 Å². The van der Waals surface area contributed by atoms with E-state index < -0.39 is 0 Å². The average Bonchev–Trinajstić information content (AvgIpc) is 2.49. The number of hydrogen-bond donors (Lipinski definition) is 1. The SMILES string of the molecule is CCN1CCC(CNCc2ccc(OC)nc2)CC1. The van der Waals surface area contributed by atoms with Gasteiger partial charge in [0.2, 0.25) is 5.88 Å². The van der Waals surface area contributed by atoms with Crippen LogP contribution in [0.3, 0.4) is 0 Å². The van der Waals surface area contributed by atoms with Gasteiger partial charge >= 0.3 is 0 Å². The number of aromatic nitrogens is 1. The fourth-order valence-corrected chi connectivity index (χ4v) is 2.56. The molecule has 0 saturated carbocycles. The van der Waals surface area contributed by atoms with Crippen molar-refractivity contribution in [3.05, 3.63) is 23.9 Å². The van der Waals surface area contributed by atoms with Gasteiger partial charge in [0.25, 0.3) is 0 Å². The monoisotopic (exact) mass is 263 g/mol. The standard InChI is InChI=1S/C15H25N3O/c1-3-18-8-6-13(7-9-18)10-16-11-14-4-5-15(19-2)17-12-14/h4-5,12-13,16H,3,6-11H2,1-2H3. The van der Waals surface area contributed by atoms with Crippen molar-refractivity contribution >= 4 is 0 Å². The second kappa shape index (κ2) is 7.46. The highest BCUT2D eigenvalue weighted by Crippen LogP contribution is 2.16. The maximum absolute atomic E-state index is 5.05. The second-order valence-corrected chi connectivity index (χ2v) is 5.22. The van der Waals surface area contributed by atoms with Gasteiger partial charge in [0, 0.05) is 18.8 Å². The summed E-state index contributed by atoms with van der Waals surface area (Å²) in [6.07, 6.45) is 4.52. The lowest BCUT2D eigenvalue weighted by molar-refractivity contribution is 0.190. The van der Waals surface area contributed by atoms with E-state index in [1.165, 1.54) is 38.0 Å². The van der Waals surface area contributed by atoms with Crippen LogP contribution < -0.4 is 10.1 Å². The summed E-state index contributed by atoms with van der Waals surface area (Å²) in [6.45, 7) is 7.96. The summed E-state index contributed by atoms with van der Waals surface area (Å²) in [5, 5.41) is 3.54. The van der Waals surface area contributed by atoms with E-state index in [2.05, 4.69) is 28.2 Å². The molecule has 0 atom stereocenters. The molecule has 1 aliphatic rings. The van der Waals surface area contributed by atoms with Crippen molar-refractivity contribution in [1.29, 1.82) is 0 Å². The van der Waals surface area contributed by atoms with Crippen LogP contribution in [0.1, 0.15) is 25.3 Å². The zero-order valence-corrected chi connectivity index (χ0v) is 12.1. The van der Waals surface area contributed by atoms with Crippen molar-refractivity contribution in [1.82, 2.24) is 15.2 Å². The molecule has 106 valence electrons. The van der Waals surface area contributed by atoms with Crippen molar-refractivity contribution in [2.24, 2.45) is 5.92 Å². The van der Waals surface area contributed by atoms with Crippen molar-refractivity contribution in [3.63, 3.8) is 0 Å². The Bertz CT molecular complexity index is 358. The number of ether oxygens (including phenoxy) is 1. The molecule has 1 aromatic rings. The van der Waals surface area contributed by atoms with Crippen molar-refractivity contribution in [3.8, 4) is 5.88 Å². The Hall–Kier alpha value is -1.13. The van der Waals surface area contributed by atoms with Gasteiger partial charge in [-0.25, -0.2) is 4.98 Å². The van der Waals surface area contributed by atoms with Gasteiger partial charge < -0.3 is 15.0 Å². The molecule has 1 N–H and O–H groups in total. The lowest BCUT2D eigenvalue weighted by atomic mass is 9.97. The fourth-order valence-electron chi connectivity index (χ4n) is 2.56. The van der Waals surface area contributed by atoms with Gasteiger partial charge in [0.05, 0.1) is 7.11 Å². The number of methoxy groups -OCH3 is 1. The lowest BCUT2D eigenvalue weighted by Crippen LogP contribution is -2.36. The summed E-state index contributed by atoms with van der Waals surface area (Å²) >= 11 is 0. The zero-order valence-electron chi connectivity index (χ0n) is 12.1. The highest BCUT2D eigenvalue weighted by Gasteiger charge is 2.17. The quantitative estimate of drug-likeness (QED) is 0.851. The van der Waals surface area contributed by atoms with Gasteiger partial charge in [-0.05, 0) is 50.5 Å². The molecule has 1 saturated heterocycles. The van der Waals surface area contributed by atoms with E-state index in [1.54, 1.807) is 7.11 Å². The smallest absolute Gasteiger partial charge is 0.212 e. The summed E-state index contributed by atoms with van der Waals surface area (Å²) in [5.74, 6) is 1.50. The van der Waals surface area contributed by atoms with Crippen LogP contribution in [0.15, 0.2) is 18.3 Å². The predicted octanol–water partition coefficient (Wildman–Crippen LogP) is 1.91. The van der Waals surface area contributed by atoms with E-state index in [1.807, 2.05) is 12.3 Å². The Balaban J connectivity index is 1.66. The first-order valence-corrected chi connectivity index (χ1v) is 7.23. The van der Waals surface area contributed by atoms with Gasteiger partial charge in [-0.15, -0.1) is 0 Å². The lowest BCUT2D eigenvalue weighted by Gasteiger charge is -2.31. The molecule has 0 amide bonds. The summed E-state index contributed by atoms with van der Waals surface area (Å²) in [4.78, 5) is 6.75. The first-order chi connectivity index (χ1) is 9.31. The van der Waals surface area contributed by atoms with Crippen LogP contribution in [0.4, 0.5) is 0 Å². The third-order valence-electron chi connectivity index (χ3n) is 3.92. The van der Waals surface area contributed by atoms with Crippen LogP contribution in [-0.4, -0.2) is 43.2 Å². The number of piperidine rings is 1.